The van der Waals surface area contributed by atoms with E-state index in [0.717, 1.165) is 31.6 Å². The molecular weight excluding hydrogens is 238 g/mol. The first-order chi connectivity index (χ1) is 9.09. The van der Waals surface area contributed by atoms with Crippen LogP contribution in [0.5, 0.6) is 5.75 Å². The van der Waals surface area contributed by atoms with Crippen LogP contribution in [0.4, 0.5) is 0 Å². The number of ether oxygens (including phenoxy) is 1. The van der Waals surface area contributed by atoms with Crippen molar-refractivity contribution in [1.82, 2.24) is 5.32 Å². The van der Waals surface area contributed by atoms with Crippen LogP contribution in [0.15, 0.2) is 24.3 Å². The smallest absolute Gasteiger partial charge is 0.119 e. The second-order valence-corrected chi connectivity index (χ2v) is 5.41. The van der Waals surface area contributed by atoms with Gasteiger partial charge in [0.2, 0.25) is 0 Å². The number of aliphatic hydroxyl groups is 1. The molecule has 1 atom stereocenters. The summed E-state index contributed by atoms with van der Waals surface area (Å²) in [5.74, 6) is 0.923. The molecule has 0 saturated heterocycles. The zero-order valence-corrected chi connectivity index (χ0v) is 12.4. The summed E-state index contributed by atoms with van der Waals surface area (Å²) in [4.78, 5) is 0. The van der Waals surface area contributed by atoms with Crippen molar-refractivity contribution in [3.8, 4) is 5.75 Å². The van der Waals surface area contributed by atoms with Gasteiger partial charge < -0.3 is 15.2 Å². The lowest BCUT2D eigenvalue weighted by Gasteiger charge is -2.28. The van der Waals surface area contributed by atoms with Crippen molar-refractivity contribution in [2.75, 3.05) is 19.8 Å². The Morgan fingerprint density at radius 2 is 2.16 bits per heavy atom. The Hall–Kier alpha value is -1.06. The summed E-state index contributed by atoms with van der Waals surface area (Å²) in [5, 5.41) is 12.9. The molecule has 0 saturated carbocycles. The van der Waals surface area contributed by atoms with Gasteiger partial charge in [-0.1, -0.05) is 19.1 Å². The van der Waals surface area contributed by atoms with E-state index in [1.165, 1.54) is 5.56 Å². The molecule has 19 heavy (non-hydrogen) atoms. The van der Waals surface area contributed by atoms with Crippen LogP contribution in [-0.2, 0) is 0 Å². The van der Waals surface area contributed by atoms with E-state index < -0.39 is 0 Å². The van der Waals surface area contributed by atoms with Gasteiger partial charge in [0.05, 0.1) is 13.2 Å². The highest BCUT2D eigenvalue weighted by atomic mass is 16.5. The minimum absolute atomic E-state index is 0.164. The molecule has 1 aromatic rings. The molecule has 1 unspecified atom stereocenters. The fourth-order valence-corrected chi connectivity index (χ4v) is 2.01. The fourth-order valence-electron chi connectivity index (χ4n) is 2.01. The van der Waals surface area contributed by atoms with E-state index in [1.807, 2.05) is 18.2 Å². The van der Waals surface area contributed by atoms with E-state index in [0.29, 0.717) is 6.61 Å². The predicted octanol–water partition coefficient (Wildman–Crippen LogP) is 2.90. The number of rotatable bonds is 9. The lowest BCUT2D eigenvalue weighted by atomic mass is 9.97. The quantitative estimate of drug-likeness (QED) is 0.675. The van der Waals surface area contributed by atoms with Crippen molar-refractivity contribution >= 4 is 0 Å². The van der Waals surface area contributed by atoms with Crippen molar-refractivity contribution in [2.45, 2.75) is 45.6 Å². The highest BCUT2D eigenvalue weighted by Crippen LogP contribution is 2.15. The average Bonchev–Trinajstić information content (AvgIpc) is 2.42. The number of benzene rings is 1. The van der Waals surface area contributed by atoms with Gasteiger partial charge in [-0.3, -0.25) is 0 Å². The van der Waals surface area contributed by atoms with Crippen LogP contribution in [0.25, 0.3) is 0 Å². The number of aliphatic hydroxyl groups excluding tert-OH is 1. The maximum atomic E-state index is 9.46. The topological polar surface area (TPSA) is 41.5 Å². The second kappa shape index (κ2) is 8.18. The summed E-state index contributed by atoms with van der Waals surface area (Å²) in [6, 6.07) is 8.09. The van der Waals surface area contributed by atoms with Crippen LogP contribution in [0, 0.1) is 6.92 Å². The summed E-state index contributed by atoms with van der Waals surface area (Å²) < 4.78 is 5.72. The molecule has 0 bridgehead atoms. The van der Waals surface area contributed by atoms with Crippen LogP contribution in [0.1, 0.15) is 38.7 Å². The molecule has 108 valence electrons. The third-order valence-electron chi connectivity index (χ3n) is 3.28. The molecule has 0 aliphatic carbocycles. The van der Waals surface area contributed by atoms with Crippen LogP contribution in [-0.4, -0.2) is 30.4 Å². The predicted molar refractivity (Wildman–Crippen MR) is 79.7 cm³/mol. The summed E-state index contributed by atoms with van der Waals surface area (Å²) in [7, 11) is 0. The lowest BCUT2D eigenvalue weighted by Crippen LogP contribution is -2.46. The van der Waals surface area contributed by atoms with Crippen molar-refractivity contribution in [1.29, 1.82) is 0 Å². The molecule has 0 heterocycles. The molecule has 0 aliphatic rings. The summed E-state index contributed by atoms with van der Waals surface area (Å²) in [6.07, 6.45) is 2.92. The van der Waals surface area contributed by atoms with E-state index in [2.05, 4.69) is 32.2 Å². The van der Waals surface area contributed by atoms with E-state index in [-0.39, 0.29) is 12.1 Å². The van der Waals surface area contributed by atoms with E-state index in [1.54, 1.807) is 0 Å². The van der Waals surface area contributed by atoms with Gasteiger partial charge in [0.25, 0.3) is 0 Å². The average molecular weight is 265 g/mol. The Kier molecular flexibility index (Phi) is 6.89. The first-order valence-corrected chi connectivity index (χ1v) is 7.15. The molecule has 1 rings (SSSR count). The first-order valence-electron chi connectivity index (χ1n) is 7.15. The SMILES string of the molecule is CCCNC(C)(CO)CCCOc1cccc(C)c1. The number of hydrogen-bond donors (Lipinski definition) is 2. The van der Waals surface area contributed by atoms with E-state index in [9.17, 15) is 5.11 Å². The minimum Gasteiger partial charge on any atom is -0.494 e. The van der Waals surface area contributed by atoms with E-state index >= 15 is 0 Å². The van der Waals surface area contributed by atoms with Crippen LogP contribution in [0.3, 0.4) is 0 Å². The molecule has 0 amide bonds. The van der Waals surface area contributed by atoms with Crippen LogP contribution < -0.4 is 10.1 Å². The van der Waals surface area contributed by atoms with Gasteiger partial charge in [0.1, 0.15) is 5.75 Å². The third-order valence-corrected chi connectivity index (χ3v) is 3.28. The minimum atomic E-state index is -0.189. The lowest BCUT2D eigenvalue weighted by molar-refractivity contribution is 0.156. The fraction of sp³-hybridized carbons (Fsp3) is 0.625. The molecule has 1 aromatic carbocycles. The Balaban J connectivity index is 2.29. The Bertz CT molecular complexity index is 368. The third kappa shape index (κ3) is 6.08. The monoisotopic (exact) mass is 265 g/mol. The van der Waals surface area contributed by atoms with Gasteiger partial charge in [0, 0.05) is 5.54 Å². The second-order valence-electron chi connectivity index (χ2n) is 5.41. The molecule has 0 aliphatic heterocycles. The van der Waals surface area contributed by atoms with Crippen molar-refractivity contribution in [3.05, 3.63) is 29.8 Å². The number of aryl methyl sites for hydroxylation is 1. The van der Waals surface area contributed by atoms with Crippen molar-refractivity contribution < 1.29 is 9.84 Å². The molecular formula is C16H27NO2. The van der Waals surface area contributed by atoms with Crippen LogP contribution in [0.2, 0.25) is 0 Å². The van der Waals surface area contributed by atoms with Crippen molar-refractivity contribution in [3.63, 3.8) is 0 Å². The maximum absolute atomic E-state index is 9.46. The number of hydrogen-bond acceptors (Lipinski definition) is 3. The van der Waals surface area contributed by atoms with Gasteiger partial charge in [-0.05, 0) is 57.4 Å². The van der Waals surface area contributed by atoms with Gasteiger partial charge in [-0.2, -0.15) is 0 Å². The van der Waals surface area contributed by atoms with Crippen molar-refractivity contribution in [2.24, 2.45) is 0 Å². The molecule has 0 radical (unpaired) electrons. The normalized spacial score (nSPS) is 14.1. The molecule has 2 N–H and O–H groups in total. The summed E-state index contributed by atoms with van der Waals surface area (Å²) in [5.41, 5.74) is 1.02. The Morgan fingerprint density at radius 1 is 1.37 bits per heavy atom. The maximum Gasteiger partial charge on any atom is 0.119 e. The zero-order valence-electron chi connectivity index (χ0n) is 12.4. The Morgan fingerprint density at radius 3 is 2.79 bits per heavy atom. The van der Waals surface area contributed by atoms with Gasteiger partial charge in [-0.25, -0.2) is 0 Å². The Labute approximate surface area is 117 Å². The zero-order chi connectivity index (χ0) is 14.1. The molecule has 3 heteroatoms. The highest BCUT2D eigenvalue weighted by molar-refractivity contribution is 5.27. The highest BCUT2D eigenvalue weighted by Gasteiger charge is 2.21. The summed E-state index contributed by atoms with van der Waals surface area (Å²) >= 11 is 0. The van der Waals surface area contributed by atoms with Crippen LogP contribution >= 0.6 is 0 Å². The molecule has 0 aromatic heterocycles. The van der Waals surface area contributed by atoms with Gasteiger partial charge >= 0.3 is 0 Å². The standard InChI is InChI=1S/C16H27NO2/c1-4-10-17-16(3,13-18)9-6-11-19-15-8-5-7-14(2)12-15/h5,7-8,12,17-18H,4,6,9-11,13H2,1-3H3. The number of nitrogens with one attached hydrogen (secondary N) is 1. The molecule has 0 fully saturated rings. The first kappa shape index (κ1) is 16.0. The molecule has 3 nitrogen and oxygen atoms in total. The summed E-state index contributed by atoms with van der Waals surface area (Å²) in [6.45, 7) is 8.05. The van der Waals surface area contributed by atoms with Gasteiger partial charge in [-0.15, -0.1) is 0 Å². The largest absolute Gasteiger partial charge is 0.494 e. The van der Waals surface area contributed by atoms with Gasteiger partial charge in [0.15, 0.2) is 0 Å². The molecule has 0 spiro atoms. The van der Waals surface area contributed by atoms with E-state index in [4.69, 9.17) is 4.74 Å².